The van der Waals surface area contributed by atoms with Crippen molar-refractivity contribution < 1.29 is 0 Å². The SMILES string of the molecule is CCC(C)C(C)C(CC(C)C)C(C(C)CC)C(C)CC. The van der Waals surface area contributed by atoms with E-state index >= 15 is 0 Å². The maximum absolute atomic E-state index is 2.53. The highest BCUT2D eigenvalue weighted by Gasteiger charge is 2.35. The predicted molar refractivity (Wildman–Crippen MR) is 94.0 cm³/mol. The molecule has 5 unspecified atom stereocenters. The molecular formula is C20H42. The molecule has 0 aliphatic rings. The molecule has 0 aromatic rings. The summed E-state index contributed by atoms with van der Waals surface area (Å²) in [6.45, 7) is 21.9. The van der Waals surface area contributed by atoms with Gasteiger partial charge in [-0.25, -0.2) is 0 Å². The molecule has 0 heterocycles. The van der Waals surface area contributed by atoms with Crippen LogP contribution >= 0.6 is 0 Å². The number of rotatable bonds is 10. The first kappa shape index (κ1) is 20.0. The van der Waals surface area contributed by atoms with Crippen molar-refractivity contribution in [2.45, 2.75) is 88.0 Å². The van der Waals surface area contributed by atoms with Crippen molar-refractivity contribution in [1.29, 1.82) is 0 Å². The zero-order chi connectivity index (χ0) is 15.9. The fourth-order valence-corrected chi connectivity index (χ4v) is 4.01. The normalized spacial score (nSPS) is 21.3. The molecule has 0 heteroatoms. The lowest BCUT2D eigenvalue weighted by Crippen LogP contribution is -2.35. The van der Waals surface area contributed by atoms with Gasteiger partial charge in [0.15, 0.2) is 0 Å². The van der Waals surface area contributed by atoms with Crippen molar-refractivity contribution in [3.05, 3.63) is 0 Å². The predicted octanol–water partition coefficient (Wildman–Crippen LogP) is 7.04. The summed E-state index contributed by atoms with van der Waals surface area (Å²) in [4.78, 5) is 0. The van der Waals surface area contributed by atoms with Crippen LogP contribution < -0.4 is 0 Å². The van der Waals surface area contributed by atoms with Crippen LogP contribution in [0.5, 0.6) is 0 Å². The van der Waals surface area contributed by atoms with Crippen molar-refractivity contribution in [2.75, 3.05) is 0 Å². The fraction of sp³-hybridized carbons (Fsp3) is 1.00. The van der Waals surface area contributed by atoms with E-state index in [1.165, 1.54) is 25.7 Å². The smallest absolute Gasteiger partial charge is 0.0332 e. The third-order valence-electron chi connectivity index (χ3n) is 6.06. The first-order chi connectivity index (χ1) is 9.29. The molecule has 0 saturated carbocycles. The van der Waals surface area contributed by atoms with Crippen LogP contribution in [-0.4, -0.2) is 0 Å². The Bertz CT molecular complexity index is 220. The second-order valence-corrected chi connectivity index (χ2v) is 7.89. The average Bonchev–Trinajstić information content (AvgIpc) is 2.43. The van der Waals surface area contributed by atoms with Gasteiger partial charge in [-0.05, 0) is 47.8 Å². The van der Waals surface area contributed by atoms with Gasteiger partial charge in [0.2, 0.25) is 0 Å². The lowest BCUT2D eigenvalue weighted by Gasteiger charge is -2.42. The van der Waals surface area contributed by atoms with E-state index in [4.69, 9.17) is 0 Å². The van der Waals surface area contributed by atoms with E-state index < -0.39 is 0 Å². The Hall–Kier alpha value is 0. The minimum absolute atomic E-state index is 0.821. The van der Waals surface area contributed by atoms with E-state index in [0.717, 1.165) is 41.4 Å². The summed E-state index contributed by atoms with van der Waals surface area (Å²) < 4.78 is 0. The van der Waals surface area contributed by atoms with Gasteiger partial charge in [0.05, 0.1) is 0 Å². The minimum atomic E-state index is 0.821. The molecule has 0 spiro atoms. The molecule has 0 saturated heterocycles. The largest absolute Gasteiger partial charge is 0.0651 e. The third kappa shape index (κ3) is 5.78. The summed E-state index contributed by atoms with van der Waals surface area (Å²) in [5, 5.41) is 0. The van der Waals surface area contributed by atoms with Gasteiger partial charge in [0.25, 0.3) is 0 Å². The number of hydrogen-bond donors (Lipinski definition) is 0. The highest BCUT2D eigenvalue weighted by Crippen LogP contribution is 2.42. The summed E-state index contributed by atoms with van der Waals surface area (Å²) in [5.74, 6) is 6.05. The van der Waals surface area contributed by atoms with Crippen LogP contribution in [0.2, 0.25) is 0 Å². The second kappa shape index (κ2) is 9.85. The van der Waals surface area contributed by atoms with E-state index in [1.807, 2.05) is 0 Å². The second-order valence-electron chi connectivity index (χ2n) is 7.89. The number of hydrogen-bond acceptors (Lipinski definition) is 0. The van der Waals surface area contributed by atoms with Crippen LogP contribution in [-0.2, 0) is 0 Å². The van der Waals surface area contributed by atoms with E-state index in [2.05, 4.69) is 62.3 Å². The molecule has 0 aliphatic heterocycles. The average molecular weight is 283 g/mol. The van der Waals surface area contributed by atoms with Gasteiger partial charge in [0, 0.05) is 0 Å². The topological polar surface area (TPSA) is 0 Å². The molecule has 0 fully saturated rings. The van der Waals surface area contributed by atoms with Gasteiger partial charge in [-0.2, -0.15) is 0 Å². The molecule has 122 valence electrons. The van der Waals surface area contributed by atoms with E-state index in [-0.39, 0.29) is 0 Å². The van der Waals surface area contributed by atoms with Crippen molar-refractivity contribution in [3.63, 3.8) is 0 Å². The van der Waals surface area contributed by atoms with E-state index in [9.17, 15) is 0 Å². The van der Waals surface area contributed by atoms with Crippen LogP contribution in [0.15, 0.2) is 0 Å². The Balaban J connectivity index is 5.29. The van der Waals surface area contributed by atoms with Crippen LogP contribution in [0.4, 0.5) is 0 Å². The molecule has 0 amide bonds. The van der Waals surface area contributed by atoms with Crippen LogP contribution in [0.3, 0.4) is 0 Å². The lowest BCUT2D eigenvalue weighted by atomic mass is 9.64. The van der Waals surface area contributed by atoms with Gasteiger partial charge in [-0.1, -0.05) is 81.6 Å². The van der Waals surface area contributed by atoms with Gasteiger partial charge < -0.3 is 0 Å². The maximum atomic E-state index is 2.53. The summed E-state index contributed by atoms with van der Waals surface area (Å²) in [5.41, 5.74) is 0. The first-order valence-corrected chi connectivity index (χ1v) is 9.29. The molecule has 0 aliphatic carbocycles. The summed E-state index contributed by atoms with van der Waals surface area (Å²) in [6, 6.07) is 0. The molecule has 0 N–H and O–H groups in total. The van der Waals surface area contributed by atoms with Crippen molar-refractivity contribution in [2.24, 2.45) is 41.4 Å². The minimum Gasteiger partial charge on any atom is -0.0651 e. The fourth-order valence-electron chi connectivity index (χ4n) is 4.01. The first-order valence-electron chi connectivity index (χ1n) is 9.29. The van der Waals surface area contributed by atoms with Crippen molar-refractivity contribution >= 4 is 0 Å². The molecule has 0 radical (unpaired) electrons. The Morgan fingerprint density at radius 2 is 1.00 bits per heavy atom. The Labute approximate surface area is 130 Å². The maximum Gasteiger partial charge on any atom is -0.0332 e. The monoisotopic (exact) mass is 282 g/mol. The van der Waals surface area contributed by atoms with Gasteiger partial charge in [-0.15, -0.1) is 0 Å². The zero-order valence-corrected chi connectivity index (χ0v) is 15.9. The van der Waals surface area contributed by atoms with Crippen LogP contribution in [0.1, 0.15) is 88.0 Å². The molecule has 0 aromatic carbocycles. The van der Waals surface area contributed by atoms with Crippen molar-refractivity contribution in [1.82, 2.24) is 0 Å². The molecule has 20 heavy (non-hydrogen) atoms. The Kier molecular flexibility index (Phi) is 9.85. The molecule has 0 rings (SSSR count). The van der Waals surface area contributed by atoms with Crippen LogP contribution in [0, 0.1) is 41.4 Å². The Morgan fingerprint density at radius 3 is 1.30 bits per heavy atom. The summed E-state index contributed by atoms with van der Waals surface area (Å²) in [7, 11) is 0. The molecule has 0 nitrogen and oxygen atoms in total. The molecular weight excluding hydrogens is 240 g/mol. The van der Waals surface area contributed by atoms with Crippen LogP contribution in [0.25, 0.3) is 0 Å². The molecule has 0 aromatic heterocycles. The third-order valence-corrected chi connectivity index (χ3v) is 6.06. The summed E-state index contributed by atoms with van der Waals surface area (Å²) in [6.07, 6.45) is 5.39. The van der Waals surface area contributed by atoms with E-state index in [1.54, 1.807) is 0 Å². The quantitative estimate of drug-likeness (QED) is 0.403. The standard InChI is InChI=1S/C20H42/c1-10-15(6)18(9)19(13-14(4)5)20(16(7)11-2)17(8)12-3/h14-20H,10-13H2,1-9H3. The van der Waals surface area contributed by atoms with Gasteiger partial charge in [-0.3, -0.25) is 0 Å². The molecule has 5 atom stereocenters. The van der Waals surface area contributed by atoms with E-state index in [0.29, 0.717) is 0 Å². The molecule has 0 bridgehead atoms. The van der Waals surface area contributed by atoms with Gasteiger partial charge in [0.1, 0.15) is 0 Å². The van der Waals surface area contributed by atoms with Gasteiger partial charge >= 0.3 is 0 Å². The lowest BCUT2D eigenvalue weighted by molar-refractivity contribution is 0.0720. The van der Waals surface area contributed by atoms with Crippen molar-refractivity contribution in [3.8, 4) is 0 Å². The Morgan fingerprint density at radius 1 is 0.600 bits per heavy atom. The summed E-state index contributed by atoms with van der Waals surface area (Å²) >= 11 is 0. The highest BCUT2D eigenvalue weighted by molar-refractivity contribution is 4.84. The zero-order valence-electron chi connectivity index (χ0n) is 15.9. The highest BCUT2D eigenvalue weighted by atomic mass is 14.4.